The summed E-state index contributed by atoms with van der Waals surface area (Å²) in [6.07, 6.45) is 3.77. The minimum absolute atomic E-state index is 0.527. The van der Waals surface area contributed by atoms with Crippen LogP contribution in [0.2, 0.25) is 0 Å². The summed E-state index contributed by atoms with van der Waals surface area (Å²) in [4.78, 5) is 8.61. The zero-order chi connectivity index (χ0) is 13.1. The van der Waals surface area contributed by atoms with Crippen molar-refractivity contribution in [3.05, 3.63) is 6.20 Å². The van der Waals surface area contributed by atoms with Gasteiger partial charge in [-0.3, -0.25) is 5.10 Å². The summed E-state index contributed by atoms with van der Waals surface area (Å²) in [7, 11) is 1.78. The molecule has 1 fully saturated rings. The number of rotatable bonds is 4. The predicted octanol–water partition coefficient (Wildman–Crippen LogP) is 1.20. The van der Waals surface area contributed by atoms with E-state index in [1.807, 2.05) is 0 Å². The number of aromatic nitrogens is 4. The van der Waals surface area contributed by atoms with Gasteiger partial charge in [-0.15, -0.1) is 0 Å². The Morgan fingerprint density at radius 3 is 3.05 bits per heavy atom. The first-order valence-corrected chi connectivity index (χ1v) is 6.46. The molecule has 0 saturated carbocycles. The van der Waals surface area contributed by atoms with Crippen molar-refractivity contribution in [2.75, 3.05) is 32.2 Å². The van der Waals surface area contributed by atoms with E-state index in [0.717, 1.165) is 31.4 Å². The Kier molecular flexibility index (Phi) is 3.45. The van der Waals surface area contributed by atoms with Gasteiger partial charge >= 0.3 is 0 Å². The van der Waals surface area contributed by atoms with Crippen LogP contribution in [-0.2, 0) is 4.74 Å². The molecule has 2 aromatic heterocycles. The Labute approximate surface area is 110 Å². The van der Waals surface area contributed by atoms with Crippen LogP contribution in [0.15, 0.2) is 6.20 Å². The number of nitrogens with zero attached hydrogens (tertiary/aromatic N) is 3. The second-order valence-electron chi connectivity index (χ2n) is 4.60. The van der Waals surface area contributed by atoms with E-state index in [9.17, 15) is 0 Å². The average Bonchev–Trinajstić information content (AvgIpc) is 2.94. The Morgan fingerprint density at radius 1 is 1.42 bits per heavy atom. The molecule has 2 aromatic rings. The highest BCUT2D eigenvalue weighted by Gasteiger charge is 2.16. The first-order chi connectivity index (χ1) is 9.36. The second kappa shape index (κ2) is 5.40. The van der Waals surface area contributed by atoms with E-state index in [2.05, 4.69) is 25.5 Å². The van der Waals surface area contributed by atoms with Gasteiger partial charge < -0.3 is 14.8 Å². The van der Waals surface area contributed by atoms with Gasteiger partial charge in [-0.2, -0.15) is 15.1 Å². The third kappa shape index (κ3) is 2.60. The molecule has 1 aliphatic rings. The van der Waals surface area contributed by atoms with Crippen molar-refractivity contribution in [1.82, 2.24) is 20.2 Å². The van der Waals surface area contributed by atoms with Gasteiger partial charge in [0, 0.05) is 20.3 Å². The van der Waals surface area contributed by atoms with E-state index in [4.69, 9.17) is 9.47 Å². The van der Waals surface area contributed by atoms with Crippen molar-refractivity contribution in [1.29, 1.82) is 0 Å². The van der Waals surface area contributed by atoms with E-state index in [1.165, 1.54) is 0 Å². The molecule has 3 heterocycles. The Hall–Kier alpha value is -1.89. The fourth-order valence-corrected chi connectivity index (χ4v) is 2.14. The van der Waals surface area contributed by atoms with Crippen LogP contribution in [-0.4, -0.2) is 47.0 Å². The summed E-state index contributed by atoms with van der Waals surface area (Å²) in [5.74, 6) is 1.64. The Balaban J connectivity index is 1.77. The Bertz CT molecular complexity index is 550. The van der Waals surface area contributed by atoms with Gasteiger partial charge in [0.25, 0.3) is 0 Å². The second-order valence-corrected chi connectivity index (χ2v) is 4.60. The van der Waals surface area contributed by atoms with E-state index in [0.29, 0.717) is 30.0 Å². The summed E-state index contributed by atoms with van der Waals surface area (Å²) >= 11 is 0. The number of H-pyrrole nitrogens is 1. The number of fused-ring (bicyclic) bond motifs is 1. The molecular weight excluding hydrogens is 246 g/mol. The third-order valence-corrected chi connectivity index (χ3v) is 3.30. The molecule has 3 rings (SSSR count). The highest BCUT2D eigenvalue weighted by molar-refractivity contribution is 5.80. The molecule has 19 heavy (non-hydrogen) atoms. The summed E-state index contributed by atoms with van der Waals surface area (Å²) in [6, 6.07) is 0. The van der Waals surface area contributed by atoms with E-state index in [-0.39, 0.29) is 0 Å². The van der Waals surface area contributed by atoms with Crippen LogP contribution in [0.25, 0.3) is 11.0 Å². The van der Waals surface area contributed by atoms with Crippen LogP contribution >= 0.6 is 0 Å². The maximum Gasteiger partial charge on any atom is 0.229 e. The Morgan fingerprint density at radius 2 is 2.26 bits per heavy atom. The number of ether oxygens (including phenoxy) is 2. The normalized spacial score (nSPS) is 16.7. The first kappa shape index (κ1) is 12.2. The number of aromatic amines is 1. The highest BCUT2D eigenvalue weighted by Crippen LogP contribution is 2.24. The number of anilines is 1. The fourth-order valence-electron chi connectivity index (χ4n) is 2.14. The van der Waals surface area contributed by atoms with Crippen molar-refractivity contribution in [2.24, 2.45) is 5.92 Å². The predicted molar refractivity (Wildman–Crippen MR) is 70.3 cm³/mol. The molecule has 102 valence electrons. The van der Waals surface area contributed by atoms with E-state index < -0.39 is 0 Å². The highest BCUT2D eigenvalue weighted by atomic mass is 16.5. The zero-order valence-electron chi connectivity index (χ0n) is 10.8. The summed E-state index contributed by atoms with van der Waals surface area (Å²) in [6.45, 7) is 2.30. The van der Waals surface area contributed by atoms with Crippen LogP contribution in [0.1, 0.15) is 12.8 Å². The van der Waals surface area contributed by atoms with Gasteiger partial charge in [0.05, 0.1) is 12.8 Å². The van der Waals surface area contributed by atoms with Crippen LogP contribution in [0.5, 0.6) is 5.88 Å². The quantitative estimate of drug-likeness (QED) is 0.862. The largest absolute Gasteiger partial charge is 0.477 e. The smallest absolute Gasteiger partial charge is 0.229 e. The summed E-state index contributed by atoms with van der Waals surface area (Å²) < 4.78 is 11.2. The van der Waals surface area contributed by atoms with Crippen LogP contribution < -0.4 is 10.1 Å². The number of hydrogen-bond donors (Lipinski definition) is 2. The molecule has 7 heteroatoms. The van der Waals surface area contributed by atoms with Gasteiger partial charge in [-0.25, -0.2) is 0 Å². The molecule has 0 atom stereocenters. The molecule has 0 aromatic carbocycles. The molecule has 7 nitrogen and oxygen atoms in total. The van der Waals surface area contributed by atoms with Gasteiger partial charge in [0.2, 0.25) is 11.8 Å². The maximum atomic E-state index is 5.85. The van der Waals surface area contributed by atoms with Crippen LogP contribution in [0.4, 0.5) is 5.95 Å². The lowest BCUT2D eigenvalue weighted by molar-refractivity contribution is 0.0493. The molecule has 0 radical (unpaired) electrons. The summed E-state index contributed by atoms with van der Waals surface area (Å²) in [5, 5.41) is 10.5. The molecular formula is C12H17N5O2. The lowest BCUT2D eigenvalue weighted by Gasteiger charge is -2.21. The van der Waals surface area contributed by atoms with E-state index in [1.54, 1.807) is 13.2 Å². The molecule has 0 bridgehead atoms. The molecule has 0 amide bonds. The van der Waals surface area contributed by atoms with Crippen LogP contribution in [0, 0.1) is 5.92 Å². The van der Waals surface area contributed by atoms with Crippen molar-refractivity contribution >= 4 is 17.0 Å². The minimum atomic E-state index is 0.527. The van der Waals surface area contributed by atoms with Gasteiger partial charge in [0.1, 0.15) is 5.39 Å². The molecule has 1 aliphatic heterocycles. The molecule has 0 spiro atoms. The van der Waals surface area contributed by atoms with Crippen molar-refractivity contribution in [3.63, 3.8) is 0 Å². The standard InChI is InChI=1S/C12H17N5O2/c1-13-12-15-10-9(6-14-17-10)11(16-12)19-7-8-2-4-18-5-3-8/h6,8H,2-5,7H2,1H3,(H2,13,14,15,16,17). The molecule has 2 N–H and O–H groups in total. The molecule has 1 saturated heterocycles. The monoisotopic (exact) mass is 263 g/mol. The molecule has 0 unspecified atom stereocenters. The molecule has 0 aliphatic carbocycles. The van der Waals surface area contributed by atoms with Gasteiger partial charge in [-0.05, 0) is 18.8 Å². The number of hydrogen-bond acceptors (Lipinski definition) is 6. The van der Waals surface area contributed by atoms with Crippen LogP contribution in [0.3, 0.4) is 0 Å². The lowest BCUT2D eigenvalue weighted by atomic mass is 10.0. The average molecular weight is 263 g/mol. The number of nitrogens with one attached hydrogen (secondary N) is 2. The van der Waals surface area contributed by atoms with Gasteiger partial charge in [0.15, 0.2) is 5.65 Å². The third-order valence-electron chi connectivity index (χ3n) is 3.30. The fraction of sp³-hybridized carbons (Fsp3) is 0.583. The summed E-state index contributed by atoms with van der Waals surface area (Å²) in [5.41, 5.74) is 0.682. The lowest BCUT2D eigenvalue weighted by Crippen LogP contribution is -2.21. The first-order valence-electron chi connectivity index (χ1n) is 6.46. The van der Waals surface area contributed by atoms with Gasteiger partial charge in [-0.1, -0.05) is 0 Å². The SMILES string of the molecule is CNc1nc(OCC2CCOCC2)c2cn[nH]c2n1. The topological polar surface area (TPSA) is 85.0 Å². The van der Waals surface area contributed by atoms with Crippen molar-refractivity contribution in [3.8, 4) is 5.88 Å². The zero-order valence-corrected chi connectivity index (χ0v) is 10.8. The van der Waals surface area contributed by atoms with E-state index >= 15 is 0 Å². The maximum absolute atomic E-state index is 5.85. The van der Waals surface area contributed by atoms with Crippen molar-refractivity contribution in [2.45, 2.75) is 12.8 Å². The van der Waals surface area contributed by atoms with Crippen molar-refractivity contribution < 1.29 is 9.47 Å². The minimum Gasteiger partial charge on any atom is -0.477 e.